The molecule has 7 nitrogen and oxygen atoms in total. The summed E-state index contributed by atoms with van der Waals surface area (Å²) in [7, 11) is 0. The molecule has 0 aliphatic heterocycles. The molecule has 4 rings (SSSR count). The molecule has 1 fully saturated rings. The van der Waals surface area contributed by atoms with Gasteiger partial charge in [0.05, 0.1) is 6.20 Å². The number of aryl methyl sites for hydroxylation is 2. The molecule has 1 aromatic carbocycles. The van der Waals surface area contributed by atoms with Crippen LogP contribution in [0.1, 0.15) is 67.7 Å². The molecule has 8 heteroatoms. The molecule has 0 atom stereocenters. The van der Waals surface area contributed by atoms with Gasteiger partial charge in [0.15, 0.2) is 0 Å². The second-order valence-corrected chi connectivity index (χ2v) is 9.55. The second-order valence-electron chi connectivity index (χ2n) is 9.55. The first-order valence-electron chi connectivity index (χ1n) is 11.1. The van der Waals surface area contributed by atoms with Crippen LogP contribution in [0.5, 0.6) is 0 Å². The number of benzene rings is 1. The molecule has 1 saturated carbocycles. The molecule has 3 aromatic rings. The van der Waals surface area contributed by atoms with Crippen LogP contribution < -0.4 is 5.32 Å². The number of ketones is 1. The number of Topliss-reactive ketones (excluding diaryl/α,β-unsaturated/α-hetero) is 1. The van der Waals surface area contributed by atoms with E-state index in [0.717, 1.165) is 30.2 Å². The third-order valence-corrected chi connectivity index (χ3v) is 5.65. The van der Waals surface area contributed by atoms with Crippen molar-refractivity contribution >= 4 is 17.5 Å². The Bertz CT molecular complexity index is 1210. The number of carbonyl (C=O) groups is 2. The van der Waals surface area contributed by atoms with Gasteiger partial charge >= 0.3 is 0 Å². The zero-order valence-electron chi connectivity index (χ0n) is 19.2. The number of aromatic nitrogens is 3. The number of amides is 1. The van der Waals surface area contributed by atoms with Gasteiger partial charge in [0, 0.05) is 23.3 Å². The topological polar surface area (TPSA) is 98.0 Å². The predicted molar refractivity (Wildman–Crippen MR) is 121 cm³/mol. The summed E-state index contributed by atoms with van der Waals surface area (Å²) in [6.45, 7) is 7.74. The van der Waals surface area contributed by atoms with Crippen LogP contribution in [-0.2, 0) is 16.6 Å². The minimum absolute atomic E-state index is 0.0389. The molecule has 1 amide bonds. The maximum absolute atomic E-state index is 14.5. The van der Waals surface area contributed by atoms with Crippen LogP contribution in [0.15, 0.2) is 35.0 Å². The molecule has 2 aromatic heterocycles. The Hall–Kier alpha value is -3.42. The number of carbonyl (C=O) groups excluding carboxylic acids is 2. The van der Waals surface area contributed by atoms with E-state index in [4.69, 9.17) is 4.52 Å². The molecule has 1 aliphatic rings. The van der Waals surface area contributed by atoms with Gasteiger partial charge in [-0.2, -0.15) is 4.98 Å². The summed E-state index contributed by atoms with van der Waals surface area (Å²) in [6.07, 6.45) is 3.63. The zero-order chi connectivity index (χ0) is 23.8. The number of halogens is 1. The third kappa shape index (κ3) is 5.32. The molecule has 172 valence electrons. The van der Waals surface area contributed by atoms with Crippen molar-refractivity contribution < 1.29 is 18.5 Å². The smallest absolute Gasteiger partial charge is 0.238 e. The average Bonchev–Trinajstić information content (AvgIpc) is 3.49. The first-order chi connectivity index (χ1) is 15.6. The van der Waals surface area contributed by atoms with Gasteiger partial charge in [0.25, 0.3) is 0 Å². The maximum atomic E-state index is 14.5. The van der Waals surface area contributed by atoms with Crippen molar-refractivity contribution in [2.24, 2.45) is 5.92 Å². The molecule has 0 radical (unpaired) electrons. The predicted octanol–water partition coefficient (Wildman–Crippen LogP) is 5.04. The summed E-state index contributed by atoms with van der Waals surface area (Å²) in [5.41, 5.74) is 2.63. The summed E-state index contributed by atoms with van der Waals surface area (Å²) in [5.74, 6) is 0.171. The van der Waals surface area contributed by atoms with Gasteiger partial charge in [0.1, 0.15) is 11.6 Å². The van der Waals surface area contributed by atoms with Crippen molar-refractivity contribution in [1.29, 1.82) is 0 Å². The van der Waals surface area contributed by atoms with Crippen LogP contribution in [0.4, 0.5) is 10.2 Å². The van der Waals surface area contributed by atoms with E-state index in [1.54, 1.807) is 6.07 Å². The highest BCUT2D eigenvalue weighted by atomic mass is 19.1. The normalized spacial score (nSPS) is 13.7. The molecule has 0 bridgehead atoms. The van der Waals surface area contributed by atoms with E-state index in [2.05, 4.69) is 20.4 Å². The number of hydrogen-bond acceptors (Lipinski definition) is 6. The van der Waals surface area contributed by atoms with Gasteiger partial charge < -0.3 is 9.84 Å². The van der Waals surface area contributed by atoms with Gasteiger partial charge in [-0.1, -0.05) is 44.1 Å². The lowest BCUT2D eigenvalue weighted by Gasteiger charge is -2.11. The Morgan fingerprint density at radius 1 is 1.21 bits per heavy atom. The molecule has 33 heavy (non-hydrogen) atoms. The Morgan fingerprint density at radius 3 is 2.61 bits per heavy atom. The van der Waals surface area contributed by atoms with Crippen LogP contribution in [0.3, 0.4) is 0 Å². The maximum Gasteiger partial charge on any atom is 0.238 e. The molecule has 2 heterocycles. The fourth-order valence-corrected chi connectivity index (χ4v) is 3.45. The van der Waals surface area contributed by atoms with Gasteiger partial charge in [-0.15, -0.1) is 0 Å². The Labute approximate surface area is 191 Å². The Balaban J connectivity index is 1.45. The average molecular weight is 451 g/mol. The molecule has 0 unspecified atom stereocenters. The van der Waals surface area contributed by atoms with Crippen LogP contribution in [-0.4, -0.2) is 26.8 Å². The highest BCUT2D eigenvalue weighted by Crippen LogP contribution is 2.31. The quantitative estimate of drug-likeness (QED) is 0.507. The molecular weight excluding hydrogens is 423 g/mol. The lowest BCUT2D eigenvalue weighted by Crippen LogP contribution is -2.14. The van der Waals surface area contributed by atoms with Crippen LogP contribution >= 0.6 is 0 Å². The molecule has 1 N–H and O–H groups in total. The molecule has 1 aliphatic carbocycles. The van der Waals surface area contributed by atoms with E-state index in [-0.39, 0.29) is 35.3 Å². The van der Waals surface area contributed by atoms with Crippen LogP contribution in [0.2, 0.25) is 0 Å². The highest BCUT2D eigenvalue weighted by Gasteiger charge is 2.30. The van der Waals surface area contributed by atoms with Crippen molar-refractivity contribution in [3.8, 4) is 11.1 Å². The van der Waals surface area contributed by atoms with E-state index < -0.39 is 5.82 Å². The van der Waals surface area contributed by atoms with E-state index >= 15 is 0 Å². The lowest BCUT2D eigenvalue weighted by atomic mass is 9.96. The van der Waals surface area contributed by atoms with E-state index in [9.17, 15) is 14.0 Å². The van der Waals surface area contributed by atoms with Gasteiger partial charge in [-0.3, -0.25) is 9.59 Å². The lowest BCUT2D eigenvalue weighted by molar-refractivity contribution is -0.117. The van der Waals surface area contributed by atoms with E-state index in [1.807, 2.05) is 45.9 Å². The number of nitrogens with one attached hydrogen (secondary N) is 1. The summed E-state index contributed by atoms with van der Waals surface area (Å²) < 4.78 is 19.7. The van der Waals surface area contributed by atoms with E-state index in [0.29, 0.717) is 29.3 Å². The number of anilines is 1. The standard InChI is InChI=1S/C25H27FN4O3/c1-14-11-17(18-12-21(27-13-19(18)26)28-23(32)16-6-7-16)8-5-15(14)9-10-20(31)22-29-24(33-30-22)25(2,3)4/h5,8,11-13,16H,6-7,9-10H2,1-4H3,(H,27,28,32). The van der Waals surface area contributed by atoms with Gasteiger partial charge in [-0.05, 0) is 48.9 Å². The highest BCUT2D eigenvalue weighted by molar-refractivity contribution is 5.94. The van der Waals surface area contributed by atoms with Crippen LogP contribution in [0.25, 0.3) is 11.1 Å². The number of rotatable bonds is 7. The molecule has 0 spiro atoms. The van der Waals surface area contributed by atoms with Crippen molar-refractivity contribution in [3.05, 3.63) is 59.1 Å². The fourth-order valence-electron chi connectivity index (χ4n) is 3.45. The number of pyridine rings is 1. The van der Waals surface area contributed by atoms with Crippen molar-refractivity contribution in [2.75, 3.05) is 5.32 Å². The first-order valence-corrected chi connectivity index (χ1v) is 11.1. The van der Waals surface area contributed by atoms with Gasteiger partial charge in [0.2, 0.25) is 23.4 Å². The summed E-state index contributed by atoms with van der Waals surface area (Å²) in [5, 5.41) is 6.56. The van der Waals surface area contributed by atoms with E-state index in [1.165, 1.54) is 0 Å². The SMILES string of the molecule is Cc1cc(-c2cc(NC(=O)C3CC3)ncc2F)ccc1CCC(=O)c1noc(C(C)(C)C)n1. The summed E-state index contributed by atoms with van der Waals surface area (Å²) >= 11 is 0. The Kier molecular flexibility index (Phi) is 6.10. The van der Waals surface area contributed by atoms with Crippen LogP contribution in [0, 0.1) is 18.7 Å². The van der Waals surface area contributed by atoms with Crippen molar-refractivity contribution in [1.82, 2.24) is 15.1 Å². The number of hydrogen-bond donors (Lipinski definition) is 1. The minimum atomic E-state index is -0.464. The largest absolute Gasteiger partial charge is 0.338 e. The zero-order valence-corrected chi connectivity index (χ0v) is 19.2. The second kappa shape index (κ2) is 8.84. The Morgan fingerprint density at radius 2 is 1.97 bits per heavy atom. The summed E-state index contributed by atoms with van der Waals surface area (Å²) in [4.78, 5) is 32.7. The minimum Gasteiger partial charge on any atom is -0.338 e. The monoisotopic (exact) mass is 450 g/mol. The van der Waals surface area contributed by atoms with Crippen molar-refractivity contribution in [3.63, 3.8) is 0 Å². The molecule has 0 saturated heterocycles. The molecular formula is C25H27FN4O3. The summed E-state index contributed by atoms with van der Waals surface area (Å²) in [6, 6.07) is 7.12. The third-order valence-electron chi connectivity index (χ3n) is 5.65. The fraction of sp³-hybridized carbons (Fsp3) is 0.400. The number of nitrogens with zero attached hydrogens (tertiary/aromatic N) is 3. The van der Waals surface area contributed by atoms with Gasteiger partial charge in [-0.25, -0.2) is 9.37 Å². The first kappa shape index (κ1) is 22.8. The van der Waals surface area contributed by atoms with Crippen molar-refractivity contribution in [2.45, 2.75) is 58.8 Å².